The Balaban J connectivity index is 2.45. The van der Waals surface area contributed by atoms with Crippen LogP contribution in [-0.2, 0) is 19.2 Å². The van der Waals surface area contributed by atoms with Crippen LogP contribution in [0.5, 0.6) is 0 Å². The molecule has 6 heteroatoms. The van der Waals surface area contributed by atoms with Crippen molar-refractivity contribution in [2.24, 2.45) is 5.41 Å². The van der Waals surface area contributed by atoms with Crippen molar-refractivity contribution >= 4 is 23.6 Å². The Labute approximate surface area is 141 Å². The molecule has 24 heavy (non-hydrogen) atoms. The second kappa shape index (κ2) is 6.55. The smallest absolute Gasteiger partial charge is 0.260 e. The number of nitrogens with zero attached hydrogens (tertiary/aromatic N) is 1. The van der Waals surface area contributed by atoms with Crippen LogP contribution in [0.1, 0.15) is 40.0 Å². The number of hydrogen-bond acceptors (Lipinski definition) is 4. The molecule has 0 aromatic rings. The van der Waals surface area contributed by atoms with Gasteiger partial charge in [-0.2, -0.15) is 0 Å². The lowest BCUT2D eigenvalue weighted by atomic mass is 9.82. The molecule has 4 amide bonds. The molecule has 0 aromatic carbocycles. The van der Waals surface area contributed by atoms with Gasteiger partial charge < -0.3 is 0 Å². The molecule has 6 nitrogen and oxygen atoms in total. The van der Waals surface area contributed by atoms with E-state index in [1.54, 1.807) is 25.2 Å². The van der Waals surface area contributed by atoms with E-state index < -0.39 is 35.1 Å². The van der Waals surface area contributed by atoms with Gasteiger partial charge in [0.25, 0.3) is 5.91 Å². The molecule has 0 spiro atoms. The maximum Gasteiger partial charge on any atom is 0.260 e. The minimum atomic E-state index is -1.02. The molecule has 128 valence electrons. The Morgan fingerprint density at radius 2 is 1.92 bits per heavy atom. The number of amides is 4. The SMILES string of the molecule is C=C1/C=C(C)\C=C/CC(=O)N(C2CC(C)(C)CC(=O)NC2=O)C1=O. The standard InChI is InChI=1S/C18H22N2O4/c1-11-6-5-7-15(22)20(17(24)12(2)8-11)13-9-18(3,4)10-14(21)19-16(13)23/h5-6,8,13H,2,7,9-10H2,1,3-4H3,(H,19,21,23)/b6-5-,11-8-. The van der Waals surface area contributed by atoms with E-state index in [9.17, 15) is 19.2 Å². The Bertz CT molecular complexity index is 685. The fourth-order valence-electron chi connectivity index (χ4n) is 3.01. The largest absolute Gasteiger partial charge is 0.295 e. The average molecular weight is 330 g/mol. The van der Waals surface area contributed by atoms with Crippen LogP contribution in [0, 0.1) is 5.41 Å². The van der Waals surface area contributed by atoms with Crippen molar-refractivity contribution in [3.05, 3.63) is 36.0 Å². The predicted octanol–water partition coefficient (Wildman–Crippen LogP) is 1.64. The zero-order valence-electron chi connectivity index (χ0n) is 14.2. The number of allylic oxidation sites excluding steroid dienone is 2. The fourth-order valence-corrected chi connectivity index (χ4v) is 3.01. The highest BCUT2D eigenvalue weighted by molar-refractivity contribution is 6.10. The molecule has 1 unspecified atom stereocenters. The highest BCUT2D eigenvalue weighted by Gasteiger charge is 2.42. The van der Waals surface area contributed by atoms with Gasteiger partial charge in [-0.3, -0.25) is 29.4 Å². The number of carbonyl (C=O) groups excluding carboxylic acids is 4. The highest BCUT2D eigenvalue weighted by atomic mass is 16.2. The third-order valence-electron chi connectivity index (χ3n) is 4.10. The lowest BCUT2D eigenvalue weighted by molar-refractivity contribution is -0.150. The molecule has 0 radical (unpaired) electrons. The maximum atomic E-state index is 12.7. The van der Waals surface area contributed by atoms with Gasteiger partial charge in [0.15, 0.2) is 0 Å². The van der Waals surface area contributed by atoms with Crippen LogP contribution in [0.3, 0.4) is 0 Å². The maximum absolute atomic E-state index is 12.7. The number of rotatable bonds is 1. The van der Waals surface area contributed by atoms with E-state index in [0.29, 0.717) is 0 Å². The second-order valence-electron chi connectivity index (χ2n) is 7.06. The molecule has 2 aliphatic rings. The van der Waals surface area contributed by atoms with Crippen molar-refractivity contribution < 1.29 is 19.2 Å². The van der Waals surface area contributed by atoms with E-state index in [1.165, 1.54) is 0 Å². The minimum Gasteiger partial charge on any atom is -0.295 e. The quantitative estimate of drug-likeness (QED) is 0.585. The predicted molar refractivity (Wildman–Crippen MR) is 88.5 cm³/mol. The molecule has 2 heterocycles. The van der Waals surface area contributed by atoms with Crippen molar-refractivity contribution in [2.75, 3.05) is 0 Å². The Kier molecular flexibility index (Phi) is 4.87. The molecule has 2 aliphatic heterocycles. The van der Waals surface area contributed by atoms with Gasteiger partial charge in [0, 0.05) is 18.4 Å². The summed E-state index contributed by atoms with van der Waals surface area (Å²) in [6, 6.07) is -1.02. The first-order chi connectivity index (χ1) is 11.1. The highest BCUT2D eigenvalue weighted by Crippen LogP contribution is 2.32. The number of nitrogens with one attached hydrogen (secondary N) is 1. The van der Waals surface area contributed by atoms with Crippen molar-refractivity contribution in [1.82, 2.24) is 10.2 Å². The van der Waals surface area contributed by atoms with E-state index in [4.69, 9.17) is 0 Å². The fraction of sp³-hybridized carbons (Fsp3) is 0.444. The lowest BCUT2D eigenvalue weighted by Gasteiger charge is -2.32. The van der Waals surface area contributed by atoms with Gasteiger partial charge in [0.05, 0.1) is 0 Å². The van der Waals surface area contributed by atoms with Gasteiger partial charge in [-0.1, -0.05) is 38.2 Å². The zero-order chi connectivity index (χ0) is 18.1. The average Bonchev–Trinajstić information content (AvgIpc) is 2.50. The summed E-state index contributed by atoms with van der Waals surface area (Å²) in [5.41, 5.74) is 0.417. The number of carbonyl (C=O) groups is 4. The monoisotopic (exact) mass is 330 g/mol. The van der Waals surface area contributed by atoms with Gasteiger partial charge in [-0.25, -0.2) is 0 Å². The molecule has 0 saturated carbocycles. The van der Waals surface area contributed by atoms with Crippen molar-refractivity contribution in [3.63, 3.8) is 0 Å². The van der Waals surface area contributed by atoms with Gasteiger partial charge >= 0.3 is 0 Å². The van der Waals surface area contributed by atoms with E-state index in [0.717, 1.165) is 10.5 Å². The third-order valence-corrected chi connectivity index (χ3v) is 4.10. The first-order valence-corrected chi connectivity index (χ1v) is 7.84. The Morgan fingerprint density at radius 3 is 2.58 bits per heavy atom. The summed E-state index contributed by atoms with van der Waals surface area (Å²) in [7, 11) is 0. The van der Waals surface area contributed by atoms with Crippen molar-refractivity contribution in [1.29, 1.82) is 0 Å². The Morgan fingerprint density at radius 1 is 1.25 bits per heavy atom. The molecule has 1 N–H and O–H groups in total. The van der Waals surface area contributed by atoms with E-state index >= 15 is 0 Å². The van der Waals surface area contributed by atoms with Gasteiger partial charge in [-0.15, -0.1) is 0 Å². The second-order valence-corrected chi connectivity index (χ2v) is 7.06. The van der Waals surface area contributed by atoms with Crippen molar-refractivity contribution in [2.45, 2.75) is 46.1 Å². The summed E-state index contributed by atoms with van der Waals surface area (Å²) in [5, 5.41) is 2.27. The van der Waals surface area contributed by atoms with Crippen LogP contribution in [0.15, 0.2) is 36.0 Å². The van der Waals surface area contributed by atoms with Crippen LogP contribution < -0.4 is 5.32 Å². The third kappa shape index (κ3) is 3.88. The van der Waals surface area contributed by atoms with Gasteiger partial charge in [-0.05, 0) is 24.8 Å². The molecule has 0 aliphatic carbocycles. The van der Waals surface area contributed by atoms with Crippen LogP contribution >= 0.6 is 0 Å². The van der Waals surface area contributed by atoms with Crippen LogP contribution in [0.2, 0.25) is 0 Å². The normalized spacial score (nSPS) is 29.0. The molecule has 0 aromatic heterocycles. The summed E-state index contributed by atoms with van der Waals surface area (Å²) in [5.74, 6) is -2.10. The van der Waals surface area contributed by atoms with Gasteiger partial charge in [0.2, 0.25) is 17.7 Å². The van der Waals surface area contributed by atoms with Crippen LogP contribution in [0.4, 0.5) is 0 Å². The summed E-state index contributed by atoms with van der Waals surface area (Å²) < 4.78 is 0. The molecular formula is C18H22N2O4. The molecule has 0 bridgehead atoms. The summed E-state index contributed by atoms with van der Waals surface area (Å²) in [6.07, 6.45) is 5.35. The number of hydrogen-bond donors (Lipinski definition) is 1. The van der Waals surface area contributed by atoms with E-state index in [-0.39, 0.29) is 24.8 Å². The number of imide groups is 2. The van der Waals surface area contributed by atoms with E-state index in [1.807, 2.05) is 13.8 Å². The first-order valence-electron chi connectivity index (χ1n) is 7.84. The summed E-state index contributed by atoms with van der Waals surface area (Å²) >= 11 is 0. The first kappa shape index (κ1) is 17.8. The molecule has 1 fully saturated rings. The topological polar surface area (TPSA) is 83.6 Å². The molecular weight excluding hydrogens is 308 g/mol. The van der Waals surface area contributed by atoms with Crippen LogP contribution in [-0.4, -0.2) is 34.6 Å². The van der Waals surface area contributed by atoms with Crippen molar-refractivity contribution in [3.8, 4) is 0 Å². The van der Waals surface area contributed by atoms with Gasteiger partial charge in [0.1, 0.15) is 6.04 Å². The molecule has 1 atom stereocenters. The lowest BCUT2D eigenvalue weighted by Crippen LogP contribution is -2.52. The zero-order valence-corrected chi connectivity index (χ0v) is 14.2. The molecule has 2 rings (SSSR count). The molecule has 1 saturated heterocycles. The summed E-state index contributed by atoms with van der Waals surface area (Å²) in [4.78, 5) is 50.5. The summed E-state index contributed by atoms with van der Waals surface area (Å²) in [6.45, 7) is 9.19. The van der Waals surface area contributed by atoms with Crippen LogP contribution in [0.25, 0.3) is 0 Å². The minimum absolute atomic E-state index is 0.00234. The van der Waals surface area contributed by atoms with E-state index in [2.05, 4.69) is 11.9 Å². The Hall–Kier alpha value is -2.50.